The zero-order chi connectivity index (χ0) is 18.1. The van der Waals surface area contributed by atoms with Crippen molar-refractivity contribution in [2.45, 2.75) is 25.3 Å². The molecule has 2 rings (SSSR count). The van der Waals surface area contributed by atoms with Gasteiger partial charge in [0.2, 0.25) is 5.91 Å². The first-order valence-corrected chi connectivity index (χ1v) is 7.99. The van der Waals surface area contributed by atoms with Crippen molar-refractivity contribution in [1.82, 2.24) is 5.32 Å². The maximum atomic E-state index is 13.0. The van der Waals surface area contributed by atoms with Crippen LogP contribution in [0, 0.1) is 5.82 Å². The minimum absolute atomic E-state index is 0.185. The molecule has 2 aromatic carbocycles. The van der Waals surface area contributed by atoms with E-state index < -0.39 is 12.0 Å². The molecule has 0 saturated carbocycles. The quantitative estimate of drug-likeness (QED) is 0.684. The molecule has 6 heteroatoms. The minimum atomic E-state index is -0.983. The molecule has 0 aliphatic carbocycles. The predicted octanol–water partition coefficient (Wildman–Crippen LogP) is 3.32. The van der Waals surface area contributed by atoms with Crippen LogP contribution in [0.25, 0.3) is 0 Å². The fourth-order valence-corrected chi connectivity index (χ4v) is 2.36. The highest BCUT2D eigenvalue weighted by Gasteiger charge is 2.17. The van der Waals surface area contributed by atoms with Crippen molar-refractivity contribution < 1.29 is 23.8 Å². The van der Waals surface area contributed by atoms with E-state index in [-0.39, 0.29) is 31.2 Å². The summed E-state index contributed by atoms with van der Waals surface area (Å²) < 4.78 is 18.4. The Morgan fingerprint density at radius 1 is 1.12 bits per heavy atom. The Kier molecular flexibility index (Phi) is 6.95. The summed E-state index contributed by atoms with van der Waals surface area (Å²) in [4.78, 5) is 23.1. The van der Waals surface area contributed by atoms with Gasteiger partial charge in [-0.25, -0.2) is 4.39 Å². The van der Waals surface area contributed by atoms with E-state index >= 15 is 0 Å². The number of ether oxygens (including phenoxy) is 1. The second kappa shape index (κ2) is 9.42. The Hall–Kier alpha value is -2.89. The van der Waals surface area contributed by atoms with Gasteiger partial charge in [0, 0.05) is 12.5 Å². The lowest BCUT2D eigenvalue weighted by atomic mass is 10.0. The Bertz CT molecular complexity index is 706. The maximum absolute atomic E-state index is 13.0. The molecule has 0 radical (unpaired) electrons. The maximum Gasteiger partial charge on any atom is 0.305 e. The number of hydrogen-bond acceptors (Lipinski definition) is 3. The van der Waals surface area contributed by atoms with E-state index in [1.54, 1.807) is 36.4 Å². The molecule has 2 aromatic rings. The summed E-state index contributed by atoms with van der Waals surface area (Å²) in [7, 11) is 0. The molecule has 1 unspecified atom stereocenters. The molecule has 1 amide bonds. The number of rotatable bonds is 9. The number of benzene rings is 2. The van der Waals surface area contributed by atoms with Crippen molar-refractivity contribution in [2.75, 3.05) is 6.61 Å². The molecule has 0 bridgehead atoms. The van der Waals surface area contributed by atoms with Crippen LogP contribution >= 0.6 is 0 Å². The molecule has 5 nitrogen and oxygen atoms in total. The molecular formula is C19H20FNO4. The molecule has 0 aromatic heterocycles. The second-order valence-electron chi connectivity index (χ2n) is 5.54. The van der Waals surface area contributed by atoms with Crippen LogP contribution in [0.4, 0.5) is 4.39 Å². The standard InChI is InChI=1S/C19H20FNO4/c20-15-8-4-9-16(12-15)25-11-5-10-18(22)21-17(13-19(23)24)14-6-2-1-3-7-14/h1-4,6-9,12,17H,5,10-11,13H2,(H,21,22)(H,23,24). The first-order valence-electron chi connectivity index (χ1n) is 7.99. The lowest BCUT2D eigenvalue weighted by Crippen LogP contribution is -2.30. The van der Waals surface area contributed by atoms with Gasteiger partial charge in [0.15, 0.2) is 0 Å². The topological polar surface area (TPSA) is 75.6 Å². The van der Waals surface area contributed by atoms with Gasteiger partial charge in [0.25, 0.3) is 0 Å². The van der Waals surface area contributed by atoms with Crippen LogP contribution < -0.4 is 10.1 Å². The van der Waals surface area contributed by atoms with Gasteiger partial charge in [-0.2, -0.15) is 0 Å². The number of carboxylic acid groups (broad SMARTS) is 1. The molecule has 0 saturated heterocycles. The molecule has 0 aliphatic rings. The Morgan fingerprint density at radius 2 is 1.88 bits per heavy atom. The van der Waals surface area contributed by atoms with Crippen molar-refractivity contribution in [3.8, 4) is 5.75 Å². The predicted molar refractivity (Wildman–Crippen MR) is 90.7 cm³/mol. The van der Waals surface area contributed by atoms with Gasteiger partial charge in [-0.05, 0) is 24.1 Å². The van der Waals surface area contributed by atoms with Crippen molar-refractivity contribution in [1.29, 1.82) is 0 Å². The van der Waals surface area contributed by atoms with Crippen LogP contribution in [0.3, 0.4) is 0 Å². The number of nitrogens with one attached hydrogen (secondary N) is 1. The van der Waals surface area contributed by atoms with Crippen LogP contribution in [-0.4, -0.2) is 23.6 Å². The summed E-state index contributed by atoms with van der Waals surface area (Å²) in [5.41, 5.74) is 0.745. The monoisotopic (exact) mass is 345 g/mol. The molecule has 25 heavy (non-hydrogen) atoms. The lowest BCUT2D eigenvalue weighted by Gasteiger charge is -2.17. The smallest absolute Gasteiger partial charge is 0.305 e. The SMILES string of the molecule is O=C(O)CC(NC(=O)CCCOc1cccc(F)c1)c1ccccc1. The summed E-state index contributed by atoms with van der Waals surface area (Å²) in [5.74, 6) is -1.20. The third kappa shape index (κ3) is 6.63. The number of amides is 1. The van der Waals surface area contributed by atoms with Gasteiger partial charge in [0.05, 0.1) is 19.1 Å². The van der Waals surface area contributed by atoms with Crippen molar-refractivity contribution in [3.63, 3.8) is 0 Å². The van der Waals surface area contributed by atoms with Gasteiger partial charge in [0.1, 0.15) is 11.6 Å². The number of carbonyl (C=O) groups excluding carboxylic acids is 1. The molecule has 0 aliphatic heterocycles. The molecule has 2 N–H and O–H groups in total. The van der Waals surface area contributed by atoms with Crippen LogP contribution in [0.1, 0.15) is 30.9 Å². The average Bonchev–Trinajstić information content (AvgIpc) is 2.59. The third-order valence-corrected chi connectivity index (χ3v) is 3.53. The van der Waals surface area contributed by atoms with E-state index in [2.05, 4.69) is 5.32 Å². The van der Waals surface area contributed by atoms with Gasteiger partial charge in [-0.3, -0.25) is 9.59 Å². The van der Waals surface area contributed by atoms with E-state index in [0.717, 1.165) is 5.56 Å². The average molecular weight is 345 g/mol. The van der Waals surface area contributed by atoms with E-state index in [4.69, 9.17) is 9.84 Å². The Morgan fingerprint density at radius 3 is 2.56 bits per heavy atom. The van der Waals surface area contributed by atoms with Gasteiger partial charge >= 0.3 is 5.97 Å². The molecule has 0 fully saturated rings. The normalized spacial score (nSPS) is 11.6. The summed E-state index contributed by atoms with van der Waals surface area (Å²) in [6, 6.07) is 14.2. The number of halogens is 1. The van der Waals surface area contributed by atoms with Gasteiger partial charge < -0.3 is 15.2 Å². The fraction of sp³-hybridized carbons (Fsp3) is 0.263. The molecule has 1 atom stereocenters. The van der Waals surface area contributed by atoms with E-state index in [1.807, 2.05) is 6.07 Å². The number of aliphatic carboxylic acids is 1. The Balaban J connectivity index is 1.79. The van der Waals surface area contributed by atoms with Crippen LogP contribution in [0.2, 0.25) is 0 Å². The van der Waals surface area contributed by atoms with Gasteiger partial charge in [-0.1, -0.05) is 36.4 Å². The van der Waals surface area contributed by atoms with Crippen molar-refractivity contribution in [2.24, 2.45) is 0 Å². The van der Waals surface area contributed by atoms with Crippen LogP contribution in [0.5, 0.6) is 5.75 Å². The zero-order valence-electron chi connectivity index (χ0n) is 13.7. The minimum Gasteiger partial charge on any atom is -0.493 e. The molecular weight excluding hydrogens is 325 g/mol. The summed E-state index contributed by atoms with van der Waals surface area (Å²) in [5, 5.41) is 11.8. The van der Waals surface area contributed by atoms with E-state index in [0.29, 0.717) is 12.2 Å². The number of carbonyl (C=O) groups is 2. The highest BCUT2D eigenvalue weighted by molar-refractivity contribution is 5.77. The Labute approximate surface area is 145 Å². The summed E-state index contributed by atoms with van der Waals surface area (Å²) in [6.45, 7) is 0.270. The summed E-state index contributed by atoms with van der Waals surface area (Å²) >= 11 is 0. The van der Waals surface area contributed by atoms with Crippen molar-refractivity contribution >= 4 is 11.9 Å². The van der Waals surface area contributed by atoms with E-state index in [9.17, 15) is 14.0 Å². The highest BCUT2D eigenvalue weighted by Crippen LogP contribution is 2.17. The number of hydrogen-bond donors (Lipinski definition) is 2. The second-order valence-corrected chi connectivity index (χ2v) is 5.54. The van der Waals surface area contributed by atoms with Crippen LogP contribution in [0.15, 0.2) is 54.6 Å². The fourth-order valence-electron chi connectivity index (χ4n) is 2.36. The molecule has 0 spiro atoms. The molecule has 0 heterocycles. The molecule has 132 valence electrons. The number of carboxylic acids is 1. The first-order chi connectivity index (χ1) is 12.0. The zero-order valence-corrected chi connectivity index (χ0v) is 13.7. The lowest BCUT2D eigenvalue weighted by molar-refractivity contribution is -0.137. The van der Waals surface area contributed by atoms with Crippen LogP contribution in [-0.2, 0) is 9.59 Å². The van der Waals surface area contributed by atoms with E-state index in [1.165, 1.54) is 12.1 Å². The highest BCUT2D eigenvalue weighted by atomic mass is 19.1. The van der Waals surface area contributed by atoms with Gasteiger partial charge in [-0.15, -0.1) is 0 Å². The summed E-state index contributed by atoms with van der Waals surface area (Å²) in [6.07, 6.45) is 0.449. The third-order valence-electron chi connectivity index (χ3n) is 3.53. The first kappa shape index (κ1) is 18.4. The van der Waals surface area contributed by atoms with Crippen molar-refractivity contribution in [3.05, 3.63) is 66.0 Å². The largest absolute Gasteiger partial charge is 0.493 e.